The highest BCUT2D eigenvalue weighted by molar-refractivity contribution is 7.86. The van der Waals surface area contributed by atoms with Crippen LogP contribution in [0.25, 0.3) is 0 Å². The van der Waals surface area contributed by atoms with E-state index in [1.165, 1.54) is 0 Å². The van der Waals surface area contributed by atoms with Crippen LogP contribution >= 0.6 is 0 Å². The molecule has 1 N–H and O–H groups in total. The van der Waals surface area contributed by atoms with Gasteiger partial charge in [0.15, 0.2) is 0 Å². The highest BCUT2D eigenvalue weighted by Crippen LogP contribution is 2.34. The van der Waals surface area contributed by atoms with Crippen LogP contribution in [0.5, 0.6) is 0 Å². The summed E-state index contributed by atoms with van der Waals surface area (Å²) in [6.45, 7) is 9.72. The van der Waals surface area contributed by atoms with Gasteiger partial charge in [0.05, 0.1) is 5.54 Å². The van der Waals surface area contributed by atoms with E-state index in [9.17, 15) is 8.42 Å². The molecule has 5 heteroatoms. The average molecular weight is 257 g/mol. The van der Waals surface area contributed by atoms with E-state index >= 15 is 0 Å². The number of hydrogen-bond donors (Lipinski definition) is 1. The molecule has 0 aromatic heterocycles. The van der Waals surface area contributed by atoms with E-state index in [0.29, 0.717) is 5.57 Å². The fourth-order valence-electron chi connectivity index (χ4n) is 1.98. The predicted octanol–water partition coefficient (Wildman–Crippen LogP) is 1.98. The molecule has 0 aliphatic carbocycles. The molecule has 1 rings (SSSR count). The number of nitrogens with zero attached hydrogens (tertiary/aromatic N) is 1. The third kappa shape index (κ3) is 2.98. The van der Waals surface area contributed by atoms with Gasteiger partial charge in [-0.05, 0) is 31.9 Å². The van der Waals surface area contributed by atoms with Gasteiger partial charge >= 0.3 is 0 Å². The molecule has 4 nitrogen and oxygen atoms in total. The van der Waals surface area contributed by atoms with Crippen LogP contribution in [0.15, 0.2) is 35.6 Å². The first kappa shape index (κ1) is 14.0. The van der Waals surface area contributed by atoms with E-state index in [1.54, 1.807) is 0 Å². The summed E-state index contributed by atoms with van der Waals surface area (Å²) >= 11 is 0. The molecule has 0 bridgehead atoms. The first-order chi connectivity index (χ1) is 7.58. The smallest absolute Gasteiger partial charge is 0.269 e. The van der Waals surface area contributed by atoms with Crippen molar-refractivity contribution in [1.82, 2.24) is 4.90 Å². The first-order valence-electron chi connectivity index (χ1n) is 5.35. The van der Waals surface area contributed by atoms with Crippen molar-refractivity contribution in [2.45, 2.75) is 26.3 Å². The lowest BCUT2D eigenvalue weighted by Crippen LogP contribution is -2.42. The molecule has 0 saturated carbocycles. The molecule has 0 aromatic rings. The quantitative estimate of drug-likeness (QED) is 0.769. The van der Waals surface area contributed by atoms with Crippen LogP contribution in [0.1, 0.15) is 20.8 Å². The van der Waals surface area contributed by atoms with E-state index in [2.05, 4.69) is 6.58 Å². The van der Waals surface area contributed by atoms with Crippen molar-refractivity contribution in [1.29, 1.82) is 0 Å². The van der Waals surface area contributed by atoms with E-state index < -0.39 is 10.1 Å². The fraction of sp³-hybridized carbons (Fsp3) is 0.500. The van der Waals surface area contributed by atoms with Gasteiger partial charge in [0, 0.05) is 12.7 Å². The summed E-state index contributed by atoms with van der Waals surface area (Å²) in [6.07, 6.45) is 3.66. The molecule has 17 heavy (non-hydrogen) atoms. The summed E-state index contributed by atoms with van der Waals surface area (Å²) < 4.78 is 31.0. The normalized spacial score (nSPS) is 22.9. The summed E-state index contributed by atoms with van der Waals surface area (Å²) in [4.78, 5) is 1.98. The zero-order valence-corrected chi connectivity index (χ0v) is 11.5. The highest BCUT2D eigenvalue weighted by Gasteiger charge is 2.31. The van der Waals surface area contributed by atoms with Crippen molar-refractivity contribution in [3.05, 3.63) is 35.6 Å². The van der Waals surface area contributed by atoms with Gasteiger partial charge in [0.25, 0.3) is 10.1 Å². The summed E-state index contributed by atoms with van der Waals surface area (Å²) in [7, 11) is -2.12. The van der Waals surface area contributed by atoms with Crippen LogP contribution in [-0.2, 0) is 10.1 Å². The molecular weight excluding hydrogens is 238 g/mol. The molecule has 0 aromatic carbocycles. The van der Waals surface area contributed by atoms with Crippen molar-refractivity contribution in [3.8, 4) is 0 Å². The topological polar surface area (TPSA) is 57.6 Å². The Kier molecular flexibility index (Phi) is 3.55. The molecular formula is C12H19NO3S. The molecule has 0 radical (unpaired) electrons. The maximum absolute atomic E-state index is 11.0. The Balaban J connectivity index is 3.30. The Morgan fingerprint density at radius 3 is 2.47 bits per heavy atom. The second-order valence-electron chi connectivity index (χ2n) is 4.76. The molecule has 0 spiro atoms. The Labute approximate surface area is 103 Å². The van der Waals surface area contributed by atoms with Gasteiger partial charge in [0.2, 0.25) is 0 Å². The summed E-state index contributed by atoms with van der Waals surface area (Å²) in [5, 5.41) is 0. The maximum Gasteiger partial charge on any atom is 0.269 e. The molecule has 0 saturated heterocycles. The van der Waals surface area contributed by atoms with Gasteiger partial charge in [-0.15, -0.1) is 0 Å². The average Bonchev–Trinajstić information content (AvgIpc) is 2.12. The molecule has 0 fully saturated rings. The largest absolute Gasteiger partial charge is 0.366 e. The molecule has 0 atom stereocenters. The number of hydrogen-bond acceptors (Lipinski definition) is 3. The van der Waals surface area contributed by atoms with E-state index in [-0.39, 0.29) is 11.3 Å². The van der Waals surface area contributed by atoms with Gasteiger partial charge < -0.3 is 4.90 Å². The number of allylic oxidation sites excluding steroid dienone is 2. The summed E-state index contributed by atoms with van der Waals surface area (Å²) in [6, 6.07) is 0. The van der Waals surface area contributed by atoms with Crippen molar-refractivity contribution in [2.75, 3.05) is 12.8 Å². The van der Waals surface area contributed by atoms with E-state index in [1.807, 2.05) is 44.9 Å². The van der Waals surface area contributed by atoms with Crippen molar-refractivity contribution in [3.63, 3.8) is 0 Å². The van der Waals surface area contributed by atoms with Crippen molar-refractivity contribution < 1.29 is 13.0 Å². The van der Waals surface area contributed by atoms with Gasteiger partial charge in [0.1, 0.15) is 5.75 Å². The molecule has 1 aliphatic rings. The number of likely N-dealkylation sites (N-methyl/N-ethyl adjacent to an activating group) is 1. The van der Waals surface area contributed by atoms with Crippen LogP contribution in [0.4, 0.5) is 0 Å². The van der Waals surface area contributed by atoms with Gasteiger partial charge in [-0.2, -0.15) is 8.42 Å². The fourth-order valence-corrected chi connectivity index (χ4v) is 2.61. The second kappa shape index (κ2) is 4.31. The van der Waals surface area contributed by atoms with E-state index in [4.69, 9.17) is 4.55 Å². The highest BCUT2D eigenvalue weighted by atomic mass is 32.2. The lowest BCUT2D eigenvalue weighted by molar-refractivity contribution is 0.259. The van der Waals surface area contributed by atoms with Crippen LogP contribution in [0, 0.1) is 0 Å². The summed E-state index contributed by atoms with van der Waals surface area (Å²) in [5.41, 5.74) is 1.81. The van der Waals surface area contributed by atoms with Crippen LogP contribution in [0.2, 0.25) is 0 Å². The molecule has 1 aliphatic heterocycles. The second-order valence-corrected chi connectivity index (χ2v) is 6.21. The third-order valence-corrected chi connectivity index (χ3v) is 3.76. The third-order valence-electron chi connectivity index (χ3n) is 3.08. The Morgan fingerprint density at radius 1 is 1.53 bits per heavy atom. The summed E-state index contributed by atoms with van der Waals surface area (Å²) in [5.74, 6) is -0.372. The van der Waals surface area contributed by atoms with Gasteiger partial charge in [-0.3, -0.25) is 4.55 Å². The standard InChI is InChI=1S/C12H19NO3S/c1-6-11-9(2)13(5)12(3,4)7-10(11)8-17(14,15)16/h6-7H,2,8H2,1,3-5H3,(H,14,15,16)/b11-6+. The molecule has 96 valence electrons. The van der Waals surface area contributed by atoms with Crippen LogP contribution < -0.4 is 0 Å². The Morgan fingerprint density at radius 2 is 2.06 bits per heavy atom. The van der Waals surface area contributed by atoms with E-state index in [0.717, 1.165) is 11.3 Å². The minimum absolute atomic E-state index is 0.316. The molecule has 1 heterocycles. The molecule has 0 amide bonds. The zero-order chi connectivity index (χ0) is 13.4. The lowest BCUT2D eigenvalue weighted by Gasteiger charge is -2.42. The monoisotopic (exact) mass is 257 g/mol. The SMILES string of the molecule is C=C1/C(=C\C)C(CS(=O)(=O)O)=CC(C)(C)N1C. The minimum Gasteiger partial charge on any atom is -0.366 e. The number of rotatable bonds is 2. The first-order valence-corrected chi connectivity index (χ1v) is 6.96. The Bertz CT molecular complexity index is 498. The van der Waals surface area contributed by atoms with Crippen LogP contribution in [-0.4, -0.2) is 36.2 Å². The van der Waals surface area contributed by atoms with Crippen LogP contribution in [0.3, 0.4) is 0 Å². The predicted molar refractivity (Wildman–Crippen MR) is 69.2 cm³/mol. The maximum atomic E-state index is 11.0. The Hall–Kier alpha value is -1.07. The minimum atomic E-state index is -4.03. The van der Waals surface area contributed by atoms with Crippen molar-refractivity contribution in [2.24, 2.45) is 0 Å². The van der Waals surface area contributed by atoms with Gasteiger partial charge in [-0.25, -0.2) is 0 Å². The van der Waals surface area contributed by atoms with Gasteiger partial charge in [-0.1, -0.05) is 18.7 Å². The lowest BCUT2D eigenvalue weighted by atomic mass is 9.88. The zero-order valence-electron chi connectivity index (χ0n) is 10.7. The molecule has 0 unspecified atom stereocenters. The van der Waals surface area contributed by atoms with Crippen molar-refractivity contribution >= 4 is 10.1 Å².